The molecule has 0 aliphatic rings. The fraction of sp³-hybridized carbons (Fsp3) is 0.571. The van der Waals surface area contributed by atoms with Crippen LogP contribution in [0.15, 0.2) is 18.3 Å². The highest BCUT2D eigenvalue weighted by atomic mass is 15.3. The lowest BCUT2D eigenvalue weighted by Crippen LogP contribution is -1.94. The minimum atomic E-state index is 0.910. The lowest BCUT2D eigenvalue weighted by Gasteiger charge is -1.95. The third-order valence-electron chi connectivity index (χ3n) is 1.67. The Hall–Kier alpha value is -1.38. The molecule has 0 aliphatic heterocycles. The summed E-state index contributed by atoms with van der Waals surface area (Å²) in [5.74, 6) is 0. The quantitative estimate of drug-likeness (QED) is 0.678. The fourth-order valence-corrected chi connectivity index (χ4v) is 1.08. The molecular weight excluding hydrogens is 210 g/mol. The van der Waals surface area contributed by atoms with Gasteiger partial charge in [-0.05, 0) is 26.0 Å². The van der Waals surface area contributed by atoms with Gasteiger partial charge in [0, 0.05) is 0 Å². The van der Waals surface area contributed by atoms with Gasteiger partial charge < -0.3 is 0 Å². The van der Waals surface area contributed by atoms with Crippen LogP contribution in [0.4, 0.5) is 0 Å². The number of rotatable bonds is 0. The number of hydrogen-bond acceptors (Lipinski definition) is 2. The van der Waals surface area contributed by atoms with Crippen molar-refractivity contribution in [1.82, 2.24) is 14.6 Å². The van der Waals surface area contributed by atoms with Gasteiger partial charge in [0.05, 0.1) is 17.6 Å². The van der Waals surface area contributed by atoms with Gasteiger partial charge in [-0.25, -0.2) is 9.50 Å². The van der Waals surface area contributed by atoms with Crippen LogP contribution in [-0.2, 0) is 0 Å². The molecule has 2 aromatic rings. The monoisotopic (exact) mass is 237 g/mol. The van der Waals surface area contributed by atoms with Crippen molar-refractivity contribution >= 4 is 5.65 Å². The molecule has 0 amide bonds. The van der Waals surface area contributed by atoms with Gasteiger partial charge in [-0.1, -0.05) is 41.5 Å². The molecular formula is C14H27N3. The largest absolute Gasteiger partial charge is 0.235 e. The van der Waals surface area contributed by atoms with Crippen molar-refractivity contribution < 1.29 is 0 Å². The second-order valence-corrected chi connectivity index (χ2v) is 2.64. The van der Waals surface area contributed by atoms with E-state index in [0.717, 1.165) is 17.0 Å². The molecule has 17 heavy (non-hydrogen) atoms. The van der Waals surface area contributed by atoms with Crippen molar-refractivity contribution in [2.45, 2.75) is 55.4 Å². The van der Waals surface area contributed by atoms with E-state index >= 15 is 0 Å². The molecule has 0 aliphatic carbocycles. The zero-order chi connectivity index (χ0) is 13.8. The molecule has 2 rings (SSSR count). The van der Waals surface area contributed by atoms with E-state index in [1.807, 2.05) is 78.2 Å². The normalized spacial score (nSPS) is 8.00. The van der Waals surface area contributed by atoms with Crippen molar-refractivity contribution in [2.75, 3.05) is 0 Å². The van der Waals surface area contributed by atoms with Crippen molar-refractivity contribution in [3.63, 3.8) is 0 Å². The van der Waals surface area contributed by atoms with Crippen molar-refractivity contribution in [2.24, 2.45) is 0 Å². The summed E-state index contributed by atoms with van der Waals surface area (Å²) in [6.45, 7) is 16.0. The molecule has 3 heteroatoms. The zero-order valence-electron chi connectivity index (χ0n) is 12.6. The summed E-state index contributed by atoms with van der Waals surface area (Å²) in [7, 11) is 0. The smallest absolute Gasteiger partial charge is 0.153 e. The number of nitrogens with zero attached hydrogens (tertiary/aromatic N) is 3. The molecule has 0 unspecified atom stereocenters. The molecule has 0 bridgehead atoms. The minimum absolute atomic E-state index is 0.910. The van der Waals surface area contributed by atoms with Crippen LogP contribution in [-0.4, -0.2) is 14.6 Å². The molecule has 2 heterocycles. The third-order valence-corrected chi connectivity index (χ3v) is 1.67. The Labute approximate surface area is 106 Å². The van der Waals surface area contributed by atoms with Crippen LogP contribution in [0.25, 0.3) is 5.65 Å². The molecule has 0 saturated carbocycles. The Bertz CT molecular complexity index is 391. The lowest BCUT2D eigenvalue weighted by molar-refractivity contribution is 0.870. The molecule has 3 nitrogen and oxygen atoms in total. The first kappa shape index (κ1) is 18.0. The van der Waals surface area contributed by atoms with E-state index in [1.54, 1.807) is 0 Å². The van der Waals surface area contributed by atoms with Crippen LogP contribution in [0.5, 0.6) is 0 Å². The van der Waals surface area contributed by atoms with Gasteiger partial charge in [0.1, 0.15) is 0 Å². The Balaban J connectivity index is 0. The van der Waals surface area contributed by atoms with Crippen LogP contribution in [0.2, 0.25) is 0 Å². The lowest BCUT2D eigenvalue weighted by atomic mass is 10.4. The number of aromatic nitrogens is 3. The number of aryl methyl sites for hydroxylation is 2. The van der Waals surface area contributed by atoms with Crippen LogP contribution in [0.3, 0.4) is 0 Å². The molecule has 0 radical (unpaired) electrons. The second-order valence-electron chi connectivity index (χ2n) is 2.64. The first-order valence-electron chi connectivity index (χ1n) is 6.55. The Morgan fingerprint density at radius 3 is 1.94 bits per heavy atom. The van der Waals surface area contributed by atoms with Gasteiger partial charge in [0.25, 0.3) is 0 Å². The fourth-order valence-electron chi connectivity index (χ4n) is 1.08. The standard InChI is InChI=1S/C8H9N3.3C2H6/c1-6-3-4-8-9-5-7(2)11(8)10-6;3*1-2/h3-5H,1-2H3;3*1-2H3. The average Bonchev–Trinajstić information content (AvgIpc) is 2.78. The Morgan fingerprint density at radius 2 is 1.41 bits per heavy atom. The molecule has 2 aromatic heterocycles. The Kier molecular flexibility index (Phi) is 11.8. The van der Waals surface area contributed by atoms with E-state index < -0.39 is 0 Å². The van der Waals surface area contributed by atoms with Crippen LogP contribution in [0, 0.1) is 13.8 Å². The number of hydrogen-bond donors (Lipinski definition) is 0. The van der Waals surface area contributed by atoms with Crippen LogP contribution >= 0.6 is 0 Å². The second kappa shape index (κ2) is 11.1. The third kappa shape index (κ3) is 5.48. The van der Waals surface area contributed by atoms with Gasteiger partial charge in [-0.2, -0.15) is 5.10 Å². The van der Waals surface area contributed by atoms with E-state index in [9.17, 15) is 0 Å². The topological polar surface area (TPSA) is 30.2 Å². The number of fused-ring (bicyclic) bond motifs is 1. The summed E-state index contributed by atoms with van der Waals surface area (Å²) < 4.78 is 1.84. The van der Waals surface area contributed by atoms with Crippen LogP contribution < -0.4 is 0 Å². The maximum atomic E-state index is 4.29. The zero-order valence-corrected chi connectivity index (χ0v) is 12.6. The molecule has 0 spiro atoms. The molecule has 0 fully saturated rings. The molecule has 0 atom stereocenters. The summed E-state index contributed by atoms with van der Waals surface area (Å²) in [5.41, 5.74) is 3.00. The highest BCUT2D eigenvalue weighted by Crippen LogP contribution is 2.03. The van der Waals surface area contributed by atoms with Crippen molar-refractivity contribution in [3.05, 3.63) is 29.7 Å². The predicted molar refractivity (Wildman–Crippen MR) is 76.5 cm³/mol. The summed E-state index contributed by atoms with van der Waals surface area (Å²) in [6.07, 6.45) is 1.82. The van der Waals surface area contributed by atoms with Crippen molar-refractivity contribution in [1.29, 1.82) is 0 Å². The summed E-state index contributed by atoms with van der Waals surface area (Å²) in [5, 5.41) is 4.29. The molecule has 0 N–H and O–H groups in total. The van der Waals surface area contributed by atoms with E-state index in [0.29, 0.717) is 0 Å². The highest BCUT2D eigenvalue weighted by molar-refractivity contribution is 5.38. The van der Waals surface area contributed by atoms with E-state index in [1.165, 1.54) is 0 Å². The van der Waals surface area contributed by atoms with E-state index in [4.69, 9.17) is 0 Å². The summed E-state index contributed by atoms with van der Waals surface area (Å²) in [4.78, 5) is 4.16. The van der Waals surface area contributed by atoms with Crippen LogP contribution in [0.1, 0.15) is 52.9 Å². The molecule has 98 valence electrons. The minimum Gasteiger partial charge on any atom is -0.235 e. The van der Waals surface area contributed by atoms with Gasteiger partial charge in [-0.15, -0.1) is 0 Å². The predicted octanol–water partition coefficient (Wildman–Crippen LogP) is 4.42. The van der Waals surface area contributed by atoms with E-state index in [2.05, 4.69) is 10.1 Å². The summed E-state index contributed by atoms with van der Waals surface area (Å²) in [6, 6.07) is 3.93. The van der Waals surface area contributed by atoms with E-state index in [-0.39, 0.29) is 0 Å². The molecule has 0 aromatic carbocycles. The SMILES string of the molecule is CC.CC.CC.Cc1ccc2ncc(C)n2n1. The average molecular weight is 237 g/mol. The number of imidazole rings is 1. The molecule has 0 saturated heterocycles. The maximum absolute atomic E-state index is 4.29. The summed E-state index contributed by atoms with van der Waals surface area (Å²) >= 11 is 0. The first-order chi connectivity index (χ1) is 8.27. The van der Waals surface area contributed by atoms with Gasteiger partial charge in [0.2, 0.25) is 0 Å². The van der Waals surface area contributed by atoms with Crippen molar-refractivity contribution in [3.8, 4) is 0 Å². The van der Waals surface area contributed by atoms with Gasteiger partial charge in [0.15, 0.2) is 5.65 Å². The highest BCUT2D eigenvalue weighted by Gasteiger charge is 1.97. The Morgan fingerprint density at radius 1 is 0.882 bits per heavy atom. The van der Waals surface area contributed by atoms with Gasteiger partial charge in [-0.3, -0.25) is 0 Å². The first-order valence-corrected chi connectivity index (χ1v) is 6.55. The maximum Gasteiger partial charge on any atom is 0.153 e. The van der Waals surface area contributed by atoms with Gasteiger partial charge >= 0.3 is 0 Å².